The van der Waals surface area contributed by atoms with Gasteiger partial charge in [0.25, 0.3) is 10.1 Å². The van der Waals surface area contributed by atoms with Crippen LogP contribution in [0.5, 0.6) is 0 Å². The number of anilines is 3. The molecule has 1 atom stereocenters. The Hall–Kier alpha value is -3.22. The number of rotatable bonds is 8. The minimum absolute atomic E-state index is 0.0858. The smallest absolute Gasteiger partial charge is 0.264 e. The number of nitrogens with zero attached hydrogens (tertiary/aromatic N) is 1. The largest absolute Gasteiger partial charge is 0.356 e. The first kappa shape index (κ1) is 23.9. The van der Waals surface area contributed by atoms with Crippen LogP contribution in [-0.2, 0) is 30.7 Å². The van der Waals surface area contributed by atoms with E-state index in [0.717, 1.165) is 18.2 Å². The zero-order valence-electron chi connectivity index (χ0n) is 18.5. The second-order valence-corrected chi connectivity index (χ2v) is 11.6. The van der Waals surface area contributed by atoms with Crippen molar-refractivity contribution in [2.45, 2.75) is 12.8 Å². The Bertz CT molecular complexity index is 1430. The number of benzene rings is 1. The fourth-order valence-electron chi connectivity index (χ4n) is 3.91. The quantitative estimate of drug-likeness (QED) is 0.397. The molecule has 0 saturated heterocycles. The Labute approximate surface area is 197 Å². The number of H-pyrrole nitrogens is 1. The van der Waals surface area contributed by atoms with Crippen LogP contribution in [0.4, 0.5) is 17.2 Å². The molecule has 2 aromatic heterocycles. The fraction of sp³-hybridized carbons (Fsp3) is 0.273. The van der Waals surface area contributed by atoms with Gasteiger partial charge in [-0.1, -0.05) is 18.2 Å². The van der Waals surface area contributed by atoms with Gasteiger partial charge >= 0.3 is 0 Å². The summed E-state index contributed by atoms with van der Waals surface area (Å²) >= 11 is 0. The van der Waals surface area contributed by atoms with Crippen molar-refractivity contribution >= 4 is 43.1 Å². The molecule has 1 aromatic carbocycles. The highest BCUT2D eigenvalue weighted by Crippen LogP contribution is 2.40. The van der Waals surface area contributed by atoms with Gasteiger partial charge < -0.3 is 10.3 Å². The Morgan fingerprint density at radius 2 is 1.82 bits per heavy atom. The highest BCUT2D eigenvalue weighted by molar-refractivity contribution is 7.92. The van der Waals surface area contributed by atoms with E-state index in [2.05, 4.69) is 20.0 Å². The number of nitrogens with one attached hydrogen (secondary N) is 3. The van der Waals surface area contributed by atoms with Gasteiger partial charge in [0, 0.05) is 29.6 Å². The predicted molar refractivity (Wildman–Crippen MR) is 129 cm³/mol. The predicted octanol–water partition coefficient (Wildman–Crippen LogP) is 2.91. The third-order valence-electron chi connectivity index (χ3n) is 5.22. The van der Waals surface area contributed by atoms with E-state index in [1.807, 2.05) is 30.3 Å². The van der Waals surface area contributed by atoms with E-state index < -0.39 is 20.1 Å². The monoisotopic (exact) mass is 504 g/mol. The zero-order chi connectivity index (χ0) is 24.5. The number of aromatic amines is 1. The van der Waals surface area contributed by atoms with Gasteiger partial charge in [0.1, 0.15) is 5.82 Å². The van der Waals surface area contributed by atoms with Crippen LogP contribution in [0.2, 0.25) is 0 Å². The van der Waals surface area contributed by atoms with Crippen LogP contribution in [0.25, 0.3) is 11.3 Å². The third-order valence-corrected chi connectivity index (χ3v) is 6.37. The van der Waals surface area contributed by atoms with Crippen LogP contribution in [-0.4, -0.2) is 51.7 Å². The van der Waals surface area contributed by atoms with Crippen molar-refractivity contribution in [1.29, 1.82) is 0 Å². The van der Waals surface area contributed by atoms with Gasteiger partial charge in [-0.15, -0.1) is 0 Å². The molecule has 0 amide bonds. The van der Waals surface area contributed by atoms with Gasteiger partial charge in [-0.05, 0) is 36.6 Å². The molecule has 34 heavy (non-hydrogen) atoms. The molecular formula is C22H24N4O6S2. The highest BCUT2D eigenvalue weighted by atomic mass is 32.2. The molecule has 3 aromatic rings. The summed E-state index contributed by atoms with van der Waals surface area (Å²) in [6.45, 7) is -0.0858. The number of Topliss-reactive ketones (excluding diaryl/α,β-unsaturated/α-hetero) is 1. The van der Waals surface area contributed by atoms with Crippen molar-refractivity contribution < 1.29 is 25.8 Å². The molecule has 0 spiro atoms. The lowest BCUT2D eigenvalue weighted by atomic mass is 9.86. The first-order valence-corrected chi connectivity index (χ1v) is 14.1. The lowest BCUT2D eigenvalue weighted by Gasteiger charge is -2.21. The van der Waals surface area contributed by atoms with Crippen molar-refractivity contribution in [1.82, 2.24) is 9.97 Å². The number of para-hydroxylation sites is 1. The minimum Gasteiger partial charge on any atom is -0.356 e. The molecule has 12 heteroatoms. The Morgan fingerprint density at radius 1 is 1.09 bits per heavy atom. The van der Waals surface area contributed by atoms with Gasteiger partial charge in [-0.25, -0.2) is 13.4 Å². The number of hydrogen-bond donors (Lipinski definition) is 3. The van der Waals surface area contributed by atoms with Gasteiger partial charge in [-0.2, -0.15) is 8.42 Å². The van der Waals surface area contributed by atoms with E-state index in [0.29, 0.717) is 34.6 Å². The summed E-state index contributed by atoms with van der Waals surface area (Å²) in [6, 6.07) is 12.6. The molecule has 0 aliphatic heterocycles. The lowest BCUT2D eigenvalue weighted by molar-refractivity contribution is 0.0928. The van der Waals surface area contributed by atoms with Crippen LogP contribution in [0.1, 0.15) is 22.5 Å². The summed E-state index contributed by atoms with van der Waals surface area (Å²) < 4.78 is 53.4. The van der Waals surface area contributed by atoms with Gasteiger partial charge in [-0.3, -0.25) is 13.7 Å². The number of fused-ring (bicyclic) bond motifs is 1. The minimum atomic E-state index is -3.62. The van der Waals surface area contributed by atoms with Crippen LogP contribution < -0.4 is 10.0 Å². The van der Waals surface area contributed by atoms with Crippen LogP contribution in [0.15, 0.2) is 48.7 Å². The number of hydrogen-bond acceptors (Lipinski definition) is 8. The van der Waals surface area contributed by atoms with E-state index >= 15 is 0 Å². The van der Waals surface area contributed by atoms with Gasteiger partial charge in [0.05, 0.1) is 36.1 Å². The van der Waals surface area contributed by atoms with Crippen molar-refractivity contribution in [2.24, 2.45) is 5.92 Å². The molecule has 0 fully saturated rings. The summed E-state index contributed by atoms with van der Waals surface area (Å²) in [5.74, 6) is -0.303. The molecule has 1 aliphatic carbocycles. The van der Waals surface area contributed by atoms with Crippen LogP contribution in [0.3, 0.4) is 0 Å². The topological polar surface area (TPSA) is 147 Å². The molecule has 4 rings (SSSR count). The Morgan fingerprint density at radius 3 is 2.50 bits per heavy atom. The van der Waals surface area contributed by atoms with E-state index in [4.69, 9.17) is 4.18 Å². The number of sulfonamides is 1. The number of pyridine rings is 1. The Kier molecular flexibility index (Phi) is 6.47. The first-order valence-electron chi connectivity index (χ1n) is 10.4. The van der Waals surface area contributed by atoms with Crippen molar-refractivity contribution in [3.63, 3.8) is 0 Å². The standard InChI is InChI=1S/C22H24N4O6S2/c1-33(28,29)26-19-12-15(8-9-23-19)21-22(24-16-6-4-3-5-7-16)20-17(25-21)10-14(11-18(20)27)13-32-34(2,30)31/h3-9,12,14,24-25H,10-11,13H2,1-2H3,(H,23,26). The number of ketones is 1. The summed E-state index contributed by atoms with van der Waals surface area (Å²) in [5.41, 5.74) is 3.68. The Balaban J connectivity index is 1.76. The van der Waals surface area contributed by atoms with Crippen molar-refractivity contribution in [3.8, 4) is 11.3 Å². The normalized spacial score (nSPS) is 16.2. The van der Waals surface area contributed by atoms with E-state index in [-0.39, 0.29) is 30.5 Å². The second kappa shape index (κ2) is 9.20. The zero-order valence-corrected chi connectivity index (χ0v) is 20.2. The summed E-state index contributed by atoms with van der Waals surface area (Å²) in [7, 11) is -7.15. The maximum atomic E-state index is 13.2. The maximum absolute atomic E-state index is 13.2. The average molecular weight is 505 g/mol. The molecule has 0 radical (unpaired) electrons. The SMILES string of the molecule is CS(=O)(=O)Nc1cc(-c2[nH]c3c(c2Nc2ccccc2)C(=O)CC(COS(C)(=O)=O)C3)ccn1. The molecule has 180 valence electrons. The lowest BCUT2D eigenvalue weighted by Crippen LogP contribution is -2.25. The third kappa shape index (κ3) is 5.82. The van der Waals surface area contributed by atoms with E-state index in [9.17, 15) is 21.6 Å². The average Bonchev–Trinajstić information content (AvgIpc) is 3.10. The van der Waals surface area contributed by atoms with Gasteiger partial charge in [0.2, 0.25) is 10.0 Å². The van der Waals surface area contributed by atoms with Crippen LogP contribution >= 0.6 is 0 Å². The molecule has 1 aliphatic rings. The molecule has 0 bridgehead atoms. The first-order chi connectivity index (χ1) is 16.0. The summed E-state index contributed by atoms with van der Waals surface area (Å²) in [5, 5.41) is 3.31. The van der Waals surface area contributed by atoms with Gasteiger partial charge in [0.15, 0.2) is 5.78 Å². The van der Waals surface area contributed by atoms with E-state index in [1.54, 1.807) is 12.1 Å². The molecule has 1 unspecified atom stereocenters. The summed E-state index contributed by atoms with van der Waals surface area (Å²) in [4.78, 5) is 20.5. The fourth-order valence-corrected chi connectivity index (χ4v) is 4.85. The maximum Gasteiger partial charge on any atom is 0.264 e. The molecule has 0 saturated carbocycles. The molecule has 3 N–H and O–H groups in total. The number of carbonyl (C=O) groups is 1. The van der Waals surface area contributed by atoms with Crippen LogP contribution in [0, 0.1) is 5.92 Å². The molecule has 2 heterocycles. The summed E-state index contributed by atoms with van der Waals surface area (Å²) in [6.07, 6.45) is 4.04. The highest BCUT2D eigenvalue weighted by Gasteiger charge is 2.32. The number of carbonyl (C=O) groups excluding carboxylic acids is 1. The molecular weight excluding hydrogens is 480 g/mol. The second-order valence-electron chi connectivity index (χ2n) is 8.21. The van der Waals surface area contributed by atoms with Crippen molar-refractivity contribution in [3.05, 3.63) is 59.9 Å². The molecule has 10 nitrogen and oxygen atoms in total. The van der Waals surface area contributed by atoms with E-state index in [1.165, 1.54) is 6.20 Å². The van der Waals surface area contributed by atoms with Crippen molar-refractivity contribution in [2.75, 3.05) is 29.2 Å². The number of aromatic nitrogens is 2.